The van der Waals surface area contributed by atoms with Gasteiger partial charge in [0.1, 0.15) is 11.5 Å². The highest BCUT2D eigenvalue weighted by Gasteiger charge is 2.46. The SMILES string of the molecule is CCOc1ccc(C(O)=C2C(=O)C(=O)N(Cc3cccnc3)[C@@H]2c2ccc(Br)cc2)c(C)c1. The number of aliphatic hydroxyl groups is 1. The van der Waals surface area contributed by atoms with Gasteiger partial charge in [0.05, 0.1) is 18.2 Å². The molecule has 1 aromatic heterocycles. The van der Waals surface area contributed by atoms with E-state index in [9.17, 15) is 14.7 Å². The van der Waals surface area contributed by atoms with Crippen LogP contribution in [0.5, 0.6) is 5.75 Å². The maximum atomic E-state index is 13.2. The number of likely N-dealkylation sites (tertiary alicyclic amines) is 1. The first kappa shape index (κ1) is 22.7. The molecule has 1 N–H and O–H groups in total. The quantitative estimate of drug-likeness (QED) is 0.283. The number of carbonyl (C=O) groups is 2. The van der Waals surface area contributed by atoms with Crippen LogP contribution in [0, 0.1) is 6.92 Å². The van der Waals surface area contributed by atoms with Gasteiger partial charge in [0.2, 0.25) is 0 Å². The normalized spacial score (nSPS) is 17.4. The van der Waals surface area contributed by atoms with Gasteiger partial charge in [-0.25, -0.2) is 0 Å². The van der Waals surface area contributed by atoms with Crippen molar-refractivity contribution < 1.29 is 19.4 Å². The molecule has 1 aliphatic heterocycles. The van der Waals surface area contributed by atoms with Crippen molar-refractivity contribution in [3.05, 3.63) is 99.3 Å². The number of carbonyl (C=O) groups excluding carboxylic acids is 2. The largest absolute Gasteiger partial charge is 0.507 e. The number of ketones is 1. The van der Waals surface area contributed by atoms with E-state index in [1.807, 2.05) is 44.2 Å². The zero-order valence-corrected chi connectivity index (χ0v) is 19.9. The second-order valence-corrected chi connectivity index (χ2v) is 8.67. The van der Waals surface area contributed by atoms with Gasteiger partial charge in [0, 0.05) is 29.0 Å². The molecule has 2 heterocycles. The van der Waals surface area contributed by atoms with Crippen molar-refractivity contribution in [2.75, 3.05) is 6.61 Å². The lowest BCUT2D eigenvalue weighted by Crippen LogP contribution is -2.29. The van der Waals surface area contributed by atoms with Crippen LogP contribution in [0.4, 0.5) is 0 Å². The first-order valence-corrected chi connectivity index (χ1v) is 11.4. The Bertz CT molecular complexity index is 1220. The Morgan fingerprint density at radius 3 is 2.55 bits per heavy atom. The summed E-state index contributed by atoms with van der Waals surface area (Å²) in [6.45, 7) is 4.44. The highest BCUT2D eigenvalue weighted by Crippen LogP contribution is 2.41. The summed E-state index contributed by atoms with van der Waals surface area (Å²) >= 11 is 3.43. The Kier molecular flexibility index (Phi) is 6.60. The minimum atomic E-state index is -0.732. The van der Waals surface area contributed by atoms with Crippen molar-refractivity contribution in [3.63, 3.8) is 0 Å². The molecule has 0 radical (unpaired) electrons. The van der Waals surface area contributed by atoms with E-state index in [2.05, 4.69) is 20.9 Å². The molecule has 0 aliphatic carbocycles. The minimum absolute atomic E-state index is 0.0680. The average molecular weight is 507 g/mol. The van der Waals surface area contributed by atoms with Crippen molar-refractivity contribution in [3.8, 4) is 5.75 Å². The highest BCUT2D eigenvalue weighted by atomic mass is 79.9. The summed E-state index contributed by atoms with van der Waals surface area (Å²) in [4.78, 5) is 31.9. The van der Waals surface area contributed by atoms with E-state index in [0.29, 0.717) is 17.9 Å². The lowest BCUT2D eigenvalue weighted by atomic mass is 9.94. The van der Waals surface area contributed by atoms with Gasteiger partial charge in [0.15, 0.2) is 0 Å². The van der Waals surface area contributed by atoms with E-state index in [1.54, 1.807) is 36.7 Å². The summed E-state index contributed by atoms with van der Waals surface area (Å²) in [6.07, 6.45) is 3.31. The summed E-state index contributed by atoms with van der Waals surface area (Å²) in [5.74, 6) is -0.891. The van der Waals surface area contributed by atoms with Crippen molar-refractivity contribution in [1.82, 2.24) is 9.88 Å². The smallest absolute Gasteiger partial charge is 0.295 e. The van der Waals surface area contributed by atoms with Gasteiger partial charge >= 0.3 is 0 Å². The van der Waals surface area contributed by atoms with Gasteiger partial charge in [0.25, 0.3) is 11.7 Å². The molecule has 1 fully saturated rings. The standard InChI is InChI=1S/C26H23BrN2O4/c1-3-33-20-10-11-21(16(2)13-20)24(30)22-23(18-6-8-19(27)9-7-18)29(26(32)25(22)31)15-17-5-4-12-28-14-17/h4-14,23,30H,3,15H2,1-2H3/t23-/m1/s1. The Labute approximate surface area is 200 Å². The topological polar surface area (TPSA) is 79.7 Å². The van der Waals surface area contributed by atoms with Crippen LogP contribution in [0.15, 0.2) is 77.0 Å². The van der Waals surface area contributed by atoms with Crippen molar-refractivity contribution in [2.45, 2.75) is 26.4 Å². The van der Waals surface area contributed by atoms with E-state index < -0.39 is 17.7 Å². The number of aliphatic hydroxyl groups excluding tert-OH is 1. The van der Waals surface area contributed by atoms with Crippen LogP contribution in [-0.4, -0.2) is 33.3 Å². The molecular weight excluding hydrogens is 484 g/mol. The Hall–Kier alpha value is -3.45. The summed E-state index contributed by atoms with van der Waals surface area (Å²) in [6, 6.07) is 15.5. The average Bonchev–Trinajstić information content (AvgIpc) is 3.05. The first-order chi connectivity index (χ1) is 15.9. The molecule has 0 unspecified atom stereocenters. The van der Waals surface area contributed by atoms with Crippen LogP contribution in [-0.2, 0) is 16.1 Å². The number of aromatic nitrogens is 1. The molecular formula is C26H23BrN2O4. The number of amides is 1. The van der Waals surface area contributed by atoms with E-state index in [-0.39, 0.29) is 17.9 Å². The van der Waals surface area contributed by atoms with E-state index in [4.69, 9.17) is 4.74 Å². The van der Waals surface area contributed by atoms with Crippen LogP contribution in [0.1, 0.15) is 35.2 Å². The lowest BCUT2D eigenvalue weighted by Gasteiger charge is -2.25. The minimum Gasteiger partial charge on any atom is -0.507 e. The molecule has 0 saturated carbocycles. The summed E-state index contributed by atoms with van der Waals surface area (Å²) < 4.78 is 6.41. The monoisotopic (exact) mass is 506 g/mol. The Balaban J connectivity index is 1.85. The predicted molar refractivity (Wildman–Crippen MR) is 129 cm³/mol. The lowest BCUT2D eigenvalue weighted by molar-refractivity contribution is -0.140. The van der Waals surface area contributed by atoms with Gasteiger partial charge < -0.3 is 14.7 Å². The van der Waals surface area contributed by atoms with E-state index in [1.165, 1.54) is 4.90 Å². The number of nitrogens with zero attached hydrogens (tertiary/aromatic N) is 2. The Morgan fingerprint density at radius 2 is 1.91 bits per heavy atom. The van der Waals surface area contributed by atoms with Crippen LogP contribution in [0.25, 0.3) is 5.76 Å². The van der Waals surface area contributed by atoms with Gasteiger partial charge in [-0.15, -0.1) is 0 Å². The molecule has 168 valence electrons. The van der Waals surface area contributed by atoms with Crippen LogP contribution in [0.2, 0.25) is 0 Å². The maximum Gasteiger partial charge on any atom is 0.295 e. The zero-order chi connectivity index (χ0) is 23.5. The summed E-state index contributed by atoms with van der Waals surface area (Å²) in [5.41, 5.74) is 2.81. The Morgan fingerprint density at radius 1 is 1.15 bits per heavy atom. The number of hydrogen-bond acceptors (Lipinski definition) is 5. The fraction of sp³-hybridized carbons (Fsp3) is 0.192. The number of benzene rings is 2. The number of aryl methyl sites for hydroxylation is 1. The number of rotatable bonds is 6. The predicted octanol–water partition coefficient (Wildman–Crippen LogP) is 5.17. The van der Waals surface area contributed by atoms with Crippen molar-refractivity contribution in [2.24, 2.45) is 0 Å². The third-order valence-corrected chi connectivity index (χ3v) is 6.09. The molecule has 1 saturated heterocycles. The fourth-order valence-corrected chi connectivity index (χ4v) is 4.29. The highest BCUT2D eigenvalue weighted by molar-refractivity contribution is 9.10. The van der Waals surface area contributed by atoms with Gasteiger partial charge in [-0.1, -0.05) is 34.1 Å². The number of pyridine rings is 1. The number of ether oxygens (including phenoxy) is 1. The van der Waals surface area contributed by atoms with Crippen LogP contribution in [0.3, 0.4) is 0 Å². The molecule has 1 aliphatic rings. The zero-order valence-electron chi connectivity index (χ0n) is 18.3. The molecule has 4 rings (SSSR count). The number of Topliss-reactive ketones (excluding diaryl/α,β-unsaturated/α-hetero) is 1. The van der Waals surface area contributed by atoms with Crippen molar-refractivity contribution in [1.29, 1.82) is 0 Å². The molecule has 6 nitrogen and oxygen atoms in total. The molecule has 7 heteroatoms. The third kappa shape index (κ3) is 4.54. The number of hydrogen-bond donors (Lipinski definition) is 1. The number of halogens is 1. The van der Waals surface area contributed by atoms with Crippen LogP contribution < -0.4 is 4.74 Å². The molecule has 3 aromatic rings. The molecule has 1 amide bonds. The fourth-order valence-electron chi connectivity index (χ4n) is 4.03. The second-order valence-electron chi connectivity index (χ2n) is 7.75. The van der Waals surface area contributed by atoms with E-state index in [0.717, 1.165) is 21.2 Å². The van der Waals surface area contributed by atoms with Gasteiger partial charge in [-0.2, -0.15) is 0 Å². The van der Waals surface area contributed by atoms with Gasteiger partial charge in [-0.05, 0) is 66.9 Å². The summed E-state index contributed by atoms with van der Waals surface area (Å²) in [5, 5.41) is 11.3. The molecule has 0 spiro atoms. The van der Waals surface area contributed by atoms with Gasteiger partial charge in [-0.3, -0.25) is 14.6 Å². The maximum absolute atomic E-state index is 13.2. The van der Waals surface area contributed by atoms with Crippen LogP contribution >= 0.6 is 15.9 Å². The second kappa shape index (κ2) is 9.58. The molecule has 33 heavy (non-hydrogen) atoms. The summed E-state index contributed by atoms with van der Waals surface area (Å²) in [7, 11) is 0. The van der Waals surface area contributed by atoms with Crippen molar-refractivity contribution >= 4 is 33.4 Å². The van der Waals surface area contributed by atoms with E-state index >= 15 is 0 Å². The third-order valence-electron chi connectivity index (χ3n) is 5.57. The molecule has 2 aromatic carbocycles. The molecule has 0 bridgehead atoms. The first-order valence-electron chi connectivity index (χ1n) is 10.6. The molecule has 1 atom stereocenters.